The van der Waals surface area contributed by atoms with Crippen molar-refractivity contribution in [2.75, 3.05) is 4.90 Å². The van der Waals surface area contributed by atoms with Crippen LogP contribution in [0, 0.1) is 0 Å². The number of hydrogen-bond donors (Lipinski definition) is 0. The molecule has 7 aromatic carbocycles. The van der Waals surface area contributed by atoms with Gasteiger partial charge in [0.25, 0.3) is 0 Å². The van der Waals surface area contributed by atoms with Crippen LogP contribution >= 0.6 is 0 Å². The molecule has 0 bridgehead atoms. The van der Waals surface area contributed by atoms with E-state index >= 15 is 0 Å². The first-order valence-electron chi connectivity index (χ1n) is 16.7. The van der Waals surface area contributed by atoms with Crippen LogP contribution in [0.15, 0.2) is 176 Å². The third kappa shape index (κ3) is 5.36. The summed E-state index contributed by atoms with van der Waals surface area (Å²) in [7, 11) is 0. The highest BCUT2D eigenvalue weighted by molar-refractivity contribution is 6.10. The molecule has 1 heterocycles. The summed E-state index contributed by atoms with van der Waals surface area (Å²) in [5, 5.41) is 2.56. The highest BCUT2D eigenvalue weighted by atomic mass is 15.1. The molecule has 2 nitrogen and oxygen atoms in total. The Bertz CT molecular complexity index is 2260. The summed E-state index contributed by atoms with van der Waals surface area (Å²) in [6, 6.07) is 63.6. The van der Waals surface area contributed by atoms with E-state index in [0.29, 0.717) is 0 Å². The topological polar surface area (TPSA) is 8.17 Å². The maximum atomic E-state index is 2.47. The van der Waals surface area contributed by atoms with Crippen LogP contribution in [0.5, 0.6) is 0 Å². The minimum absolute atomic E-state index is 0.0462. The second-order valence-electron chi connectivity index (χ2n) is 13.4. The number of rotatable bonds is 6. The number of nitrogens with zero attached hydrogens (tertiary/aromatic N) is 2. The Hall–Kier alpha value is -5.86. The van der Waals surface area contributed by atoms with Gasteiger partial charge in [-0.05, 0) is 97.1 Å². The lowest BCUT2D eigenvalue weighted by molar-refractivity contribution is 0.423. The van der Waals surface area contributed by atoms with Gasteiger partial charge < -0.3 is 9.47 Å². The maximum absolute atomic E-state index is 2.47. The van der Waals surface area contributed by atoms with Crippen LogP contribution < -0.4 is 4.90 Å². The molecule has 2 heteroatoms. The maximum Gasteiger partial charge on any atom is 0.0540 e. The van der Waals surface area contributed by atoms with Crippen LogP contribution in [0.1, 0.15) is 20.8 Å². The number of hydrogen-bond acceptors (Lipinski definition) is 1. The van der Waals surface area contributed by atoms with Gasteiger partial charge >= 0.3 is 0 Å². The van der Waals surface area contributed by atoms with Gasteiger partial charge in [0.2, 0.25) is 0 Å². The van der Waals surface area contributed by atoms with E-state index in [4.69, 9.17) is 0 Å². The first-order valence-corrected chi connectivity index (χ1v) is 16.7. The van der Waals surface area contributed by atoms with Gasteiger partial charge in [-0.2, -0.15) is 0 Å². The van der Waals surface area contributed by atoms with E-state index in [-0.39, 0.29) is 5.54 Å². The first-order chi connectivity index (χ1) is 23.5. The summed E-state index contributed by atoms with van der Waals surface area (Å²) in [5.41, 5.74) is 13.1. The molecule has 0 N–H and O–H groups in total. The summed E-state index contributed by atoms with van der Waals surface area (Å²) < 4.78 is 2.47. The van der Waals surface area contributed by atoms with Gasteiger partial charge in [-0.15, -0.1) is 0 Å². The fraction of sp³-hybridized carbons (Fsp3) is 0.0870. The van der Waals surface area contributed by atoms with Gasteiger partial charge in [0, 0.05) is 44.3 Å². The summed E-state index contributed by atoms with van der Waals surface area (Å²) >= 11 is 0. The van der Waals surface area contributed by atoms with Gasteiger partial charge in [-0.1, -0.05) is 127 Å². The van der Waals surface area contributed by atoms with E-state index in [2.05, 4.69) is 206 Å². The molecule has 0 radical (unpaired) electrons. The summed E-state index contributed by atoms with van der Waals surface area (Å²) in [6.45, 7) is 6.85. The normalized spacial score (nSPS) is 11.6. The molecule has 0 unspecified atom stereocenters. The van der Waals surface area contributed by atoms with E-state index in [9.17, 15) is 0 Å². The predicted octanol–water partition coefficient (Wildman–Crippen LogP) is 13.0. The fourth-order valence-electron chi connectivity index (χ4n) is 7.07. The van der Waals surface area contributed by atoms with Gasteiger partial charge in [0.15, 0.2) is 0 Å². The molecule has 0 aliphatic carbocycles. The van der Waals surface area contributed by atoms with Crippen molar-refractivity contribution in [2.45, 2.75) is 26.3 Å². The molecule has 232 valence electrons. The number of para-hydroxylation sites is 2. The average Bonchev–Trinajstić information content (AvgIpc) is 3.48. The zero-order valence-electron chi connectivity index (χ0n) is 27.6. The SMILES string of the molecule is CC(C)(C)n1c2ccccc2c2cc(-c3ccccc3N(c3ccc(-c4ccccc4)cc3)c3ccc(-c4ccccc4)cc3)ccc21. The Morgan fingerprint density at radius 3 is 1.44 bits per heavy atom. The standard InChI is InChI=1S/C46H38N2/c1-46(2,3)48-44-21-13-11-19-41(44)42-32-37(26-31-45(42)48)40-18-10-12-20-43(40)47(38-27-22-35(23-28-38)33-14-6-4-7-15-33)39-29-24-36(25-30-39)34-16-8-5-9-17-34/h4-32H,1-3H3. The van der Waals surface area contributed by atoms with E-state index in [0.717, 1.165) is 17.1 Å². The molecule has 0 saturated carbocycles. The van der Waals surface area contributed by atoms with E-state index in [1.807, 2.05) is 0 Å². The lowest BCUT2D eigenvalue weighted by atomic mass is 9.98. The molecule has 0 atom stereocenters. The van der Waals surface area contributed by atoms with Crippen LogP contribution in [0.25, 0.3) is 55.2 Å². The van der Waals surface area contributed by atoms with Crippen LogP contribution in [-0.4, -0.2) is 4.57 Å². The smallest absolute Gasteiger partial charge is 0.0540 e. The van der Waals surface area contributed by atoms with Crippen LogP contribution in [0.3, 0.4) is 0 Å². The monoisotopic (exact) mass is 618 g/mol. The highest BCUT2D eigenvalue weighted by Gasteiger charge is 2.22. The van der Waals surface area contributed by atoms with Crippen LogP contribution in [0.2, 0.25) is 0 Å². The van der Waals surface area contributed by atoms with Crippen LogP contribution in [0.4, 0.5) is 17.1 Å². The molecule has 0 saturated heterocycles. The summed E-state index contributed by atoms with van der Waals surface area (Å²) in [6.07, 6.45) is 0. The van der Waals surface area contributed by atoms with Crippen LogP contribution in [-0.2, 0) is 5.54 Å². The Morgan fingerprint density at radius 1 is 0.396 bits per heavy atom. The van der Waals surface area contributed by atoms with Crippen molar-refractivity contribution in [1.82, 2.24) is 4.57 Å². The average molecular weight is 619 g/mol. The predicted molar refractivity (Wildman–Crippen MR) is 205 cm³/mol. The zero-order chi connectivity index (χ0) is 32.7. The molecular weight excluding hydrogens is 581 g/mol. The molecule has 8 aromatic rings. The Morgan fingerprint density at radius 2 is 0.854 bits per heavy atom. The van der Waals surface area contributed by atoms with Crippen molar-refractivity contribution < 1.29 is 0 Å². The van der Waals surface area contributed by atoms with Gasteiger partial charge in [-0.3, -0.25) is 0 Å². The molecule has 0 amide bonds. The highest BCUT2D eigenvalue weighted by Crippen LogP contribution is 2.43. The summed E-state index contributed by atoms with van der Waals surface area (Å²) in [5.74, 6) is 0. The van der Waals surface area contributed by atoms with Crippen molar-refractivity contribution in [3.05, 3.63) is 176 Å². The summed E-state index contributed by atoms with van der Waals surface area (Å²) in [4.78, 5) is 2.39. The quantitative estimate of drug-likeness (QED) is 0.180. The van der Waals surface area contributed by atoms with Crippen molar-refractivity contribution >= 4 is 38.9 Å². The molecule has 0 aliphatic heterocycles. The number of fused-ring (bicyclic) bond motifs is 3. The number of aromatic nitrogens is 1. The molecule has 0 aliphatic rings. The van der Waals surface area contributed by atoms with Gasteiger partial charge in [0.05, 0.1) is 5.69 Å². The van der Waals surface area contributed by atoms with E-state index in [1.54, 1.807) is 0 Å². The fourth-order valence-corrected chi connectivity index (χ4v) is 7.07. The lowest BCUT2D eigenvalue weighted by Gasteiger charge is -2.28. The number of benzene rings is 7. The van der Waals surface area contributed by atoms with E-state index < -0.39 is 0 Å². The Kier molecular flexibility index (Phi) is 7.42. The molecule has 1 aromatic heterocycles. The largest absolute Gasteiger partial charge is 0.335 e. The van der Waals surface area contributed by atoms with Crippen molar-refractivity contribution in [3.8, 4) is 33.4 Å². The minimum atomic E-state index is -0.0462. The molecule has 0 fully saturated rings. The second-order valence-corrected chi connectivity index (χ2v) is 13.4. The van der Waals surface area contributed by atoms with E-state index in [1.165, 1.54) is 55.2 Å². The second kappa shape index (κ2) is 12.1. The molecule has 8 rings (SSSR count). The molecule has 48 heavy (non-hydrogen) atoms. The number of anilines is 3. The third-order valence-corrected chi connectivity index (χ3v) is 9.26. The Balaban J connectivity index is 1.29. The zero-order valence-corrected chi connectivity index (χ0v) is 27.6. The molecule has 0 spiro atoms. The van der Waals surface area contributed by atoms with Crippen molar-refractivity contribution in [2.24, 2.45) is 0 Å². The van der Waals surface area contributed by atoms with Crippen molar-refractivity contribution in [1.29, 1.82) is 0 Å². The molecular formula is C46H38N2. The Labute approximate surface area is 283 Å². The minimum Gasteiger partial charge on any atom is -0.335 e. The lowest BCUT2D eigenvalue weighted by Crippen LogP contribution is -2.21. The third-order valence-electron chi connectivity index (χ3n) is 9.26. The first kappa shape index (κ1) is 29.5. The van der Waals surface area contributed by atoms with Gasteiger partial charge in [-0.25, -0.2) is 0 Å². The van der Waals surface area contributed by atoms with Crippen molar-refractivity contribution in [3.63, 3.8) is 0 Å². The van der Waals surface area contributed by atoms with Gasteiger partial charge in [0.1, 0.15) is 0 Å².